The molecule has 144 valence electrons. The van der Waals surface area contributed by atoms with Crippen molar-refractivity contribution in [2.24, 2.45) is 0 Å². The maximum atomic E-state index is 12.4. The van der Waals surface area contributed by atoms with Crippen LogP contribution < -0.4 is 20.1 Å². The van der Waals surface area contributed by atoms with Crippen LogP contribution in [0.5, 0.6) is 11.5 Å². The number of nitrogens with zero attached hydrogens (tertiary/aromatic N) is 2. The Kier molecular flexibility index (Phi) is 5.74. The van der Waals surface area contributed by atoms with Crippen LogP contribution in [0.1, 0.15) is 21.6 Å². The van der Waals surface area contributed by atoms with Gasteiger partial charge >= 0.3 is 0 Å². The second-order valence-corrected chi connectivity index (χ2v) is 6.25. The third kappa shape index (κ3) is 4.37. The van der Waals surface area contributed by atoms with Crippen LogP contribution >= 0.6 is 0 Å². The summed E-state index contributed by atoms with van der Waals surface area (Å²) in [6, 6.07) is 11.2. The molecule has 2 N–H and O–H groups in total. The van der Waals surface area contributed by atoms with E-state index in [0.717, 1.165) is 11.3 Å². The average molecular weight is 378 g/mol. The highest BCUT2D eigenvalue weighted by molar-refractivity contribution is 6.02. The number of aromatic nitrogens is 2. The van der Waals surface area contributed by atoms with Gasteiger partial charge in [0.1, 0.15) is 11.5 Å². The number of nitrogens with one attached hydrogen (secondary N) is 2. The van der Waals surface area contributed by atoms with Crippen molar-refractivity contribution in [3.05, 3.63) is 65.6 Å². The van der Waals surface area contributed by atoms with Gasteiger partial charge in [-0.1, -0.05) is 17.7 Å². The van der Waals surface area contributed by atoms with E-state index in [0.29, 0.717) is 23.0 Å². The van der Waals surface area contributed by atoms with Crippen molar-refractivity contribution in [3.8, 4) is 11.5 Å². The molecule has 0 spiro atoms. The Hall–Kier alpha value is -3.61. The molecule has 3 aromatic rings. The number of aryl methyl sites for hydroxylation is 2. The highest BCUT2D eigenvalue weighted by Gasteiger charge is 2.11. The molecule has 0 saturated carbocycles. The third-order valence-electron chi connectivity index (χ3n) is 4.17. The zero-order chi connectivity index (χ0) is 20.1. The summed E-state index contributed by atoms with van der Waals surface area (Å²) in [5.41, 5.74) is 4.03. The van der Waals surface area contributed by atoms with E-state index in [9.17, 15) is 4.79 Å². The summed E-state index contributed by atoms with van der Waals surface area (Å²) >= 11 is 0. The summed E-state index contributed by atoms with van der Waals surface area (Å²) in [4.78, 5) is 20.9. The first-order valence-electron chi connectivity index (χ1n) is 8.70. The fourth-order valence-electron chi connectivity index (χ4n) is 2.71. The predicted octanol–water partition coefficient (Wildman–Crippen LogP) is 4.11. The first-order chi connectivity index (χ1) is 13.5. The Morgan fingerprint density at radius 3 is 2.36 bits per heavy atom. The third-order valence-corrected chi connectivity index (χ3v) is 4.17. The first kappa shape index (κ1) is 19.2. The maximum absolute atomic E-state index is 12.4. The van der Waals surface area contributed by atoms with Gasteiger partial charge < -0.3 is 20.1 Å². The molecule has 28 heavy (non-hydrogen) atoms. The van der Waals surface area contributed by atoms with Crippen molar-refractivity contribution in [1.82, 2.24) is 9.97 Å². The van der Waals surface area contributed by atoms with Gasteiger partial charge in [0.05, 0.1) is 26.6 Å². The molecule has 7 nitrogen and oxygen atoms in total. The summed E-state index contributed by atoms with van der Waals surface area (Å²) in [5.74, 6) is 1.31. The lowest BCUT2D eigenvalue weighted by Crippen LogP contribution is -2.14. The molecule has 7 heteroatoms. The molecule has 0 bridgehead atoms. The smallest absolute Gasteiger partial charge is 0.275 e. The normalized spacial score (nSPS) is 10.3. The quantitative estimate of drug-likeness (QED) is 0.671. The molecule has 0 fully saturated rings. The van der Waals surface area contributed by atoms with Crippen LogP contribution in [0.3, 0.4) is 0 Å². The molecule has 0 aliphatic carbocycles. The summed E-state index contributed by atoms with van der Waals surface area (Å²) in [6.07, 6.45) is 2.96. The van der Waals surface area contributed by atoms with E-state index < -0.39 is 0 Å². The van der Waals surface area contributed by atoms with Crippen molar-refractivity contribution in [2.75, 3.05) is 24.9 Å². The lowest BCUT2D eigenvalue weighted by molar-refractivity contribution is 0.102. The van der Waals surface area contributed by atoms with Gasteiger partial charge in [0.15, 0.2) is 11.5 Å². The van der Waals surface area contributed by atoms with Gasteiger partial charge in [-0.25, -0.2) is 9.97 Å². The molecule has 0 atom stereocenters. The van der Waals surface area contributed by atoms with Crippen molar-refractivity contribution >= 4 is 23.1 Å². The summed E-state index contributed by atoms with van der Waals surface area (Å²) < 4.78 is 10.4. The second-order valence-electron chi connectivity index (χ2n) is 6.25. The van der Waals surface area contributed by atoms with E-state index in [1.807, 2.05) is 26.0 Å². The number of rotatable bonds is 6. The Balaban J connectivity index is 1.70. The fourth-order valence-corrected chi connectivity index (χ4v) is 2.71. The van der Waals surface area contributed by atoms with E-state index in [-0.39, 0.29) is 11.6 Å². The van der Waals surface area contributed by atoms with Gasteiger partial charge in [0.2, 0.25) is 0 Å². The van der Waals surface area contributed by atoms with Gasteiger partial charge in [0.25, 0.3) is 5.91 Å². The van der Waals surface area contributed by atoms with Crippen LogP contribution in [0.4, 0.5) is 17.2 Å². The van der Waals surface area contributed by atoms with Gasteiger partial charge in [-0.05, 0) is 37.6 Å². The number of hydrogen-bond acceptors (Lipinski definition) is 6. The van der Waals surface area contributed by atoms with Gasteiger partial charge in [0, 0.05) is 17.4 Å². The van der Waals surface area contributed by atoms with Crippen LogP contribution in [0.15, 0.2) is 48.8 Å². The van der Waals surface area contributed by atoms with E-state index >= 15 is 0 Å². The largest absolute Gasteiger partial charge is 0.493 e. The summed E-state index contributed by atoms with van der Waals surface area (Å²) in [7, 11) is 3.09. The van der Waals surface area contributed by atoms with E-state index in [1.54, 1.807) is 25.3 Å². The zero-order valence-electron chi connectivity index (χ0n) is 16.2. The van der Waals surface area contributed by atoms with Crippen molar-refractivity contribution in [2.45, 2.75) is 13.8 Å². The topological polar surface area (TPSA) is 85.4 Å². The number of carbonyl (C=O) groups is 1. The Morgan fingerprint density at radius 2 is 1.71 bits per heavy atom. The molecular formula is C21H22N4O3. The zero-order valence-corrected chi connectivity index (χ0v) is 16.2. The lowest BCUT2D eigenvalue weighted by Gasteiger charge is -2.11. The Bertz CT molecular complexity index is 987. The molecule has 0 radical (unpaired) electrons. The molecule has 2 aromatic carbocycles. The van der Waals surface area contributed by atoms with Gasteiger partial charge in [-0.15, -0.1) is 0 Å². The van der Waals surface area contributed by atoms with Crippen molar-refractivity contribution in [1.29, 1.82) is 0 Å². The number of amides is 1. The molecule has 0 saturated heterocycles. The summed E-state index contributed by atoms with van der Waals surface area (Å²) in [5, 5.41) is 5.98. The lowest BCUT2D eigenvalue weighted by atomic mass is 10.1. The first-order valence-corrected chi connectivity index (χ1v) is 8.70. The summed E-state index contributed by atoms with van der Waals surface area (Å²) in [6.45, 7) is 4.07. The molecule has 0 unspecified atom stereocenters. The Morgan fingerprint density at radius 1 is 0.929 bits per heavy atom. The number of carbonyl (C=O) groups excluding carboxylic acids is 1. The van der Waals surface area contributed by atoms with E-state index in [1.165, 1.54) is 25.1 Å². The Labute approximate surface area is 163 Å². The molecular weight excluding hydrogens is 356 g/mol. The van der Waals surface area contributed by atoms with Crippen LogP contribution in [0, 0.1) is 13.8 Å². The minimum absolute atomic E-state index is 0.209. The molecule has 1 heterocycles. The van der Waals surface area contributed by atoms with Gasteiger partial charge in [-0.3, -0.25) is 4.79 Å². The number of ether oxygens (including phenoxy) is 2. The van der Waals surface area contributed by atoms with Crippen molar-refractivity contribution in [3.63, 3.8) is 0 Å². The molecule has 1 aromatic heterocycles. The molecule has 1 amide bonds. The van der Waals surface area contributed by atoms with Crippen molar-refractivity contribution < 1.29 is 14.3 Å². The number of hydrogen-bond donors (Lipinski definition) is 2. The van der Waals surface area contributed by atoms with Crippen LogP contribution in [0.2, 0.25) is 0 Å². The van der Waals surface area contributed by atoms with Crippen LogP contribution in [-0.2, 0) is 0 Å². The number of benzene rings is 2. The van der Waals surface area contributed by atoms with Gasteiger partial charge in [-0.2, -0.15) is 0 Å². The monoisotopic (exact) mass is 378 g/mol. The number of anilines is 3. The molecule has 0 aliphatic rings. The SMILES string of the molecule is COc1ccc(NC(=O)c2cnc(Nc3ccc(C)cc3C)cn2)cc1OC. The molecule has 3 rings (SSSR count). The minimum atomic E-state index is -0.363. The van der Waals surface area contributed by atoms with E-state index in [4.69, 9.17) is 9.47 Å². The maximum Gasteiger partial charge on any atom is 0.275 e. The highest BCUT2D eigenvalue weighted by Crippen LogP contribution is 2.29. The standard InChI is InChI=1S/C21H22N4O3/c1-13-5-7-16(14(2)9-13)25-20-12-22-17(11-23-20)21(26)24-15-6-8-18(27-3)19(10-15)28-4/h5-12H,1-4H3,(H,23,25)(H,24,26). The fraction of sp³-hybridized carbons (Fsp3) is 0.190. The minimum Gasteiger partial charge on any atom is -0.493 e. The second kappa shape index (κ2) is 8.39. The predicted molar refractivity (Wildman–Crippen MR) is 109 cm³/mol. The highest BCUT2D eigenvalue weighted by atomic mass is 16.5. The number of methoxy groups -OCH3 is 2. The average Bonchev–Trinajstić information content (AvgIpc) is 2.70. The van der Waals surface area contributed by atoms with E-state index in [2.05, 4.69) is 26.7 Å². The van der Waals surface area contributed by atoms with Crippen LogP contribution in [-0.4, -0.2) is 30.1 Å². The molecule has 0 aliphatic heterocycles. The van der Waals surface area contributed by atoms with Crippen LogP contribution in [0.25, 0.3) is 0 Å².